The second-order valence-electron chi connectivity index (χ2n) is 4.89. The van der Waals surface area contributed by atoms with Crippen LogP contribution in [0.3, 0.4) is 0 Å². The van der Waals surface area contributed by atoms with Gasteiger partial charge in [0.05, 0.1) is 7.11 Å². The Bertz CT molecular complexity index is 604. The van der Waals surface area contributed by atoms with Crippen LogP contribution in [0, 0.1) is 6.92 Å². The van der Waals surface area contributed by atoms with Crippen LogP contribution >= 0.6 is 15.9 Å². The summed E-state index contributed by atoms with van der Waals surface area (Å²) in [6.45, 7) is 5.11. The molecule has 0 saturated carbocycles. The van der Waals surface area contributed by atoms with E-state index in [-0.39, 0.29) is 6.04 Å². The van der Waals surface area contributed by atoms with Crippen molar-refractivity contribution in [1.82, 2.24) is 15.3 Å². The lowest BCUT2D eigenvalue weighted by Crippen LogP contribution is -2.24. The number of rotatable bonds is 6. The first kappa shape index (κ1) is 15.9. The van der Waals surface area contributed by atoms with Gasteiger partial charge in [0.15, 0.2) is 0 Å². The lowest BCUT2D eigenvalue weighted by atomic mass is 10.00. The summed E-state index contributed by atoms with van der Waals surface area (Å²) in [5.41, 5.74) is 3.45. The third kappa shape index (κ3) is 4.25. The van der Waals surface area contributed by atoms with E-state index in [2.05, 4.69) is 63.3 Å². The largest absolute Gasteiger partial charge is 0.481 e. The molecule has 2 rings (SSSR count). The van der Waals surface area contributed by atoms with Gasteiger partial charge in [-0.15, -0.1) is 0 Å². The summed E-state index contributed by atoms with van der Waals surface area (Å²) in [4.78, 5) is 8.39. The molecule has 1 aromatic carbocycles. The minimum Gasteiger partial charge on any atom is -0.481 e. The van der Waals surface area contributed by atoms with Gasteiger partial charge < -0.3 is 10.1 Å². The molecule has 2 aromatic rings. The van der Waals surface area contributed by atoms with Crippen molar-refractivity contribution >= 4 is 15.9 Å². The van der Waals surface area contributed by atoms with E-state index in [4.69, 9.17) is 4.74 Å². The van der Waals surface area contributed by atoms with Crippen molar-refractivity contribution < 1.29 is 4.74 Å². The van der Waals surface area contributed by atoms with Crippen LogP contribution in [0.1, 0.15) is 29.8 Å². The van der Waals surface area contributed by atoms with Crippen molar-refractivity contribution in [3.63, 3.8) is 0 Å². The van der Waals surface area contributed by atoms with Crippen LogP contribution in [0.5, 0.6) is 5.88 Å². The van der Waals surface area contributed by atoms with Crippen molar-refractivity contribution in [2.24, 2.45) is 0 Å². The highest BCUT2D eigenvalue weighted by Crippen LogP contribution is 2.27. The first-order chi connectivity index (χ1) is 10.1. The molecule has 1 aromatic heterocycles. The molecule has 0 fully saturated rings. The number of methoxy groups -OCH3 is 1. The molecule has 0 radical (unpaired) electrons. The van der Waals surface area contributed by atoms with Gasteiger partial charge in [0, 0.05) is 28.7 Å². The van der Waals surface area contributed by atoms with E-state index >= 15 is 0 Å². The van der Waals surface area contributed by atoms with Crippen LogP contribution in [0.2, 0.25) is 0 Å². The Morgan fingerprint density at radius 2 is 2.10 bits per heavy atom. The number of aromatic nitrogens is 2. The van der Waals surface area contributed by atoms with Gasteiger partial charge in [-0.05, 0) is 25.1 Å². The van der Waals surface area contributed by atoms with Gasteiger partial charge in [-0.25, -0.2) is 9.97 Å². The Morgan fingerprint density at radius 3 is 2.81 bits per heavy atom. The monoisotopic (exact) mass is 349 g/mol. The SMILES string of the molecule is CCNC(Cc1cc(OC)ncn1)c1cc(C)ccc1Br. The number of likely N-dealkylation sites (N-methyl/N-ethyl adjacent to an activating group) is 1. The summed E-state index contributed by atoms with van der Waals surface area (Å²) < 4.78 is 6.28. The Kier molecular flexibility index (Phi) is 5.70. The maximum absolute atomic E-state index is 5.16. The second kappa shape index (κ2) is 7.52. The summed E-state index contributed by atoms with van der Waals surface area (Å²) in [6.07, 6.45) is 2.33. The molecule has 1 unspecified atom stereocenters. The zero-order valence-electron chi connectivity index (χ0n) is 12.6. The molecule has 5 heteroatoms. The van der Waals surface area contributed by atoms with E-state index in [1.165, 1.54) is 11.1 Å². The van der Waals surface area contributed by atoms with Crippen LogP contribution in [0.15, 0.2) is 35.1 Å². The minimum absolute atomic E-state index is 0.198. The summed E-state index contributed by atoms with van der Waals surface area (Å²) in [5, 5.41) is 3.52. The van der Waals surface area contributed by atoms with Crippen LogP contribution < -0.4 is 10.1 Å². The molecule has 21 heavy (non-hydrogen) atoms. The highest BCUT2D eigenvalue weighted by atomic mass is 79.9. The van der Waals surface area contributed by atoms with Gasteiger partial charge in [0.1, 0.15) is 6.33 Å². The van der Waals surface area contributed by atoms with Crippen LogP contribution in [-0.2, 0) is 6.42 Å². The first-order valence-corrected chi connectivity index (χ1v) is 7.77. The molecular weight excluding hydrogens is 330 g/mol. The summed E-state index contributed by atoms with van der Waals surface area (Å²) in [7, 11) is 1.62. The van der Waals surface area contributed by atoms with Gasteiger partial charge >= 0.3 is 0 Å². The van der Waals surface area contributed by atoms with E-state index in [1.807, 2.05) is 6.07 Å². The van der Waals surface area contributed by atoms with E-state index in [0.29, 0.717) is 5.88 Å². The van der Waals surface area contributed by atoms with Crippen LogP contribution in [0.25, 0.3) is 0 Å². The normalized spacial score (nSPS) is 12.2. The Labute approximate surface area is 134 Å². The van der Waals surface area contributed by atoms with Gasteiger partial charge in [-0.1, -0.05) is 40.5 Å². The fourth-order valence-corrected chi connectivity index (χ4v) is 2.80. The average Bonchev–Trinajstić information content (AvgIpc) is 2.49. The predicted octanol–water partition coefficient (Wildman–Crippen LogP) is 3.45. The fraction of sp³-hybridized carbons (Fsp3) is 0.375. The summed E-state index contributed by atoms with van der Waals surface area (Å²) in [5.74, 6) is 0.596. The van der Waals surface area contributed by atoms with E-state index in [0.717, 1.165) is 23.1 Å². The number of nitrogens with one attached hydrogen (secondary N) is 1. The molecule has 0 aliphatic rings. The molecule has 4 nitrogen and oxygen atoms in total. The number of hydrogen-bond acceptors (Lipinski definition) is 4. The molecule has 1 heterocycles. The molecule has 0 saturated heterocycles. The van der Waals surface area contributed by atoms with Crippen molar-refractivity contribution in [2.45, 2.75) is 26.3 Å². The van der Waals surface area contributed by atoms with Gasteiger partial charge in [0.25, 0.3) is 0 Å². The van der Waals surface area contributed by atoms with Crippen molar-refractivity contribution in [1.29, 1.82) is 0 Å². The number of ether oxygens (including phenoxy) is 1. The number of benzene rings is 1. The third-order valence-corrected chi connectivity index (χ3v) is 4.02. The fourth-order valence-electron chi connectivity index (χ4n) is 2.28. The lowest BCUT2D eigenvalue weighted by Gasteiger charge is -2.20. The quantitative estimate of drug-likeness (QED) is 0.867. The average molecular weight is 350 g/mol. The number of hydrogen-bond donors (Lipinski definition) is 1. The number of nitrogens with zero attached hydrogens (tertiary/aromatic N) is 2. The van der Waals surface area contributed by atoms with Crippen molar-refractivity contribution in [3.8, 4) is 5.88 Å². The minimum atomic E-state index is 0.198. The Morgan fingerprint density at radius 1 is 1.29 bits per heavy atom. The van der Waals surface area contributed by atoms with E-state index in [9.17, 15) is 0 Å². The van der Waals surface area contributed by atoms with Gasteiger partial charge in [0.2, 0.25) is 5.88 Å². The molecule has 1 atom stereocenters. The molecule has 0 aliphatic heterocycles. The van der Waals surface area contributed by atoms with E-state index in [1.54, 1.807) is 13.4 Å². The zero-order valence-corrected chi connectivity index (χ0v) is 14.1. The highest BCUT2D eigenvalue weighted by Gasteiger charge is 2.15. The molecule has 0 bridgehead atoms. The molecule has 1 N–H and O–H groups in total. The summed E-state index contributed by atoms with van der Waals surface area (Å²) >= 11 is 3.65. The van der Waals surface area contributed by atoms with Crippen LogP contribution in [0.4, 0.5) is 0 Å². The molecular formula is C16H20BrN3O. The second-order valence-corrected chi connectivity index (χ2v) is 5.75. The van der Waals surface area contributed by atoms with Gasteiger partial charge in [-0.2, -0.15) is 0 Å². The van der Waals surface area contributed by atoms with Crippen molar-refractivity contribution in [3.05, 3.63) is 51.9 Å². The third-order valence-electron chi connectivity index (χ3n) is 3.30. The highest BCUT2D eigenvalue weighted by molar-refractivity contribution is 9.10. The number of aryl methyl sites for hydroxylation is 1. The molecule has 0 spiro atoms. The topological polar surface area (TPSA) is 47.0 Å². The predicted molar refractivity (Wildman–Crippen MR) is 87.6 cm³/mol. The van der Waals surface area contributed by atoms with Crippen molar-refractivity contribution in [2.75, 3.05) is 13.7 Å². The Hall–Kier alpha value is -1.46. The smallest absolute Gasteiger partial charge is 0.216 e. The first-order valence-electron chi connectivity index (χ1n) is 6.98. The lowest BCUT2D eigenvalue weighted by molar-refractivity contribution is 0.395. The van der Waals surface area contributed by atoms with Gasteiger partial charge in [-0.3, -0.25) is 0 Å². The van der Waals surface area contributed by atoms with E-state index < -0.39 is 0 Å². The summed E-state index contributed by atoms with van der Waals surface area (Å²) in [6, 6.07) is 8.48. The molecule has 112 valence electrons. The zero-order chi connectivity index (χ0) is 15.2. The molecule has 0 amide bonds. The van der Waals surface area contributed by atoms with Crippen LogP contribution in [-0.4, -0.2) is 23.6 Å². The maximum atomic E-state index is 5.16. The molecule has 0 aliphatic carbocycles. The number of halogens is 1. The standard InChI is InChI=1S/C16H20BrN3O/c1-4-18-15(13-7-11(2)5-6-14(13)17)8-12-9-16(21-3)20-10-19-12/h5-7,9-10,15,18H,4,8H2,1-3H3. The maximum Gasteiger partial charge on any atom is 0.216 e. The Balaban J connectivity index is 2.28.